The Bertz CT molecular complexity index is 27.0. The predicted molar refractivity (Wildman–Crippen MR) is 42.7 cm³/mol. The lowest BCUT2D eigenvalue weighted by Gasteiger charge is -2.14. The van der Waals surface area contributed by atoms with Crippen LogP contribution in [0.15, 0.2) is 0 Å². The Kier molecular flexibility index (Phi) is 1.44. The van der Waals surface area contributed by atoms with E-state index in [2.05, 4.69) is 0 Å². The van der Waals surface area contributed by atoms with Gasteiger partial charge in [0.05, 0.1) is 0 Å². The molecule has 5 heavy (non-hydrogen) atoms. The summed E-state index contributed by atoms with van der Waals surface area (Å²) in [5, 5.41) is 0. The van der Waals surface area contributed by atoms with Gasteiger partial charge in [-0.25, -0.2) is 0 Å². The van der Waals surface area contributed by atoms with Crippen LogP contribution in [-0.2, 0) is 0 Å². The highest BCUT2D eigenvalue weighted by atomic mass is 30.2. The standard InChI is InChI=1S/H10Si5/c1-5-3-2-4-5/h5H,2-4H2,1H3. The summed E-state index contributed by atoms with van der Waals surface area (Å²) >= 11 is 0. The number of hydrogen-bond acceptors (Lipinski definition) is 0. The fourth-order valence-electron chi connectivity index (χ4n) is 0.612. The van der Waals surface area contributed by atoms with Gasteiger partial charge in [0.2, 0.25) is 0 Å². The topological polar surface area (TPSA) is 0 Å². The van der Waals surface area contributed by atoms with Crippen molar-refractivity contribution in [2.45, 2.75) is 0 Å². The first-order chi connectivity index (χ1) is 2.39. The van der Waals surface area contributed by atoms with E-state index in [1.807, 2.05) is 0 Å². The van der Waals surface area contributed by atoms with Crippen LogP contribution in [0, 0.1) is 0 Å². The SMILES string of the molecule is [SiH3][SiH]1[SiH2][SiH2][SiH2]1. The minimum Gasteiger partial charge on any atom is -0.0115 e. The average molecular weight is 151 g/mol. The molecule has 0 unspecified atom stereocenters. The molecule has 0 bridgehead atoms. The first-order valence-electron chi connectivity index (χ1n) is 2.39. The molecule has 0 amide bonds. The summed E-state index contributed by atoms with van der Waals surface area (Å²) in [5.74, 6) is 0. The highest BCUT2D eigenvalue weighted by Crippen LogP contribution is 1.76. The van der Waals surface area contributed by atoms with E-state index >= 15 is 0 Å². The van der Waals surface area contributed by atoms with Crippen molar-refractivity contribution in [1.29, 1.82) is 0 Å². The first kappa shape index (κ1) is 4.25. The molecule has 1 aliphatic heterocycles. The van der Waals surface area contributed by atoms with Crippen LogP contribution in [0.2, 0.25) is 0 Å². The maximum absolute atomic E-state index is 1.75. The van der Waals surface area contributed by atoms with Crippen LogP contribution in [0.25, 0.3) is 0 Å². The van der Waals surface area contributed by atoms with Gasteiger partial charge in [0, 0.05) is 0 Å². The summed E-state index contributed by atoms with van der Waals surface area (Å²) in [6, 6.07) is 0. The highest BCUT2D eigenvalue weighted by Gasteiger charge is 2.13. The second kappa shape index (κ2) is 1.69. The average Bonchev–Trinajstić information content (AvgIpc) is 1.30. The third-order valence-corrected chi connectivity index (χ3v) is 113. The van der Waals surface area contributed by atoms with Gasteiger partial charge in [-0.1, -0.05) is 0 Å². The fourth-order valence-corrected chi connectivity index (χ4v) is 116. The van der Waals surface area contributed by atoms with Crippen LogP contribution in [-0.4, -0.2) is 42.8 Å². The van der Waals surface area contributed by atoms with E-state index < -0.39 is 0 Å². The Hall–Kier alpha value is 1.08. The van der Waals surface area contributed by atoms with E-state index in [4.69, 9.17) is 0 Å². The first-order valence-corrected chi connectivity index (χ1v) is 21.5. The molecule has 0 radical (unpaired) electrons. The molecule has 0 spiro atoms. The molecule has 5 heteroatoms. The van der Waals surface area contributed by atoms with Gasteiger partial charge < -0.3 is 0 Å². The molecule has 1 fully saturated rings. The van der Waals surface area contributed by atoms with E-state index in [1.54, 1.807) is 9.76 Å². The Balaban J connectivity index is 2.08. The number of hydrogen-bond donors (Lipinski definition) is 0. The van der Waals surface area contributed by atoms with E-state index in [9.17, 15) is 0 Å². The van der Waals surface area contributed by atoms with Crippen molar-refractivity contribution in [3.05, 3.63) is 0 Å². The van der Waals surface area contributed by atoms with E-state index in [1.165, 1.54) is 0 Å². The van der Waals surface area contributed by atoms with E-state index in [0.717, 1.165) is 25.7 Å². The highest BCUT2D eigenvalue weighted by molar-refractivity contribution is 7.89. The van der Waals surface area contributed by atoms with Crippen molar-refractivity contribution in [2.24, 2.45) is 0 Å². The van der Waals surface area contributed by atoms with Crippen molar-refractivity contribution >= 4 is 42.8 Å². The summed E-state index contributed by atoms with van der Waals surface area (Å²) in [6.07, 6.45) is 0. The normalized spacial score (nSPS) is 51.6. The molecule has 0 nitrogen and oxygen atoms in total. The minimum atomic E-state index is 0.509. The zero-order valence-corrected chi connectivity index (χ0v) is 11.1. The zero-order valence-electron chi connectivity index (χ0n) is 3.70. The van der Waals surface area contributed by atoms with Gasteiger partial charge in [-0.05, 0) is 42.8 Å². The van der Waals surface area contributed by atoms with Gasteiger partial charge >= 0.3 is 0 Å². The second-order valence-corrected chi connectivity index (χ2v) is 55.0. The van der Waals surface area contributed by atoms with Crippen molar-refractivity contribution < 1.29 is 0 Å². The molecule has 0 aromatic heterocycles. The smallest absolute Gasteiger partial charge is 0.00747 e. The molecular weight excluding hydrogens is 140 g/mol. The summed E-state index contributed by atoms with van der Waals surface area (Å²) < 4.78 is 0. The van der Waals surface area contributed by atoms with Gasteiger partial charge in [0.25, 0.3) is 0 Å². The van der Waals surface area contributed by atoms with Crippen LogP contribution in [0.1, 0.15) is 0 Å². The molecule has 0 aliphatic carbocycles. The molecule has 0 aromatic rings. The van der Waals surface area contributed by atoms with Crippen molar-refractivity contribution in [1.82, 2.24) is 0 Å². The van der Waals surface area contributed by atoms with E-state index in [-0.39, 0.29) is 0 Å². The monoisotopic (exact) mass is 150 g/mol. The summed E-state index contributed by atoms with van der Waals surface area (Å²) in [6.45, 7) is 0. The molecule has 1 heterocycles. The quantitative estimate of drug-likeness (QED) is 0.305. The molecule has 0 saturated carbocycles. The van der Waals surface area contributed by atoms with Gasteiger partial charge in [0.15, 0.2) is 0 Å². The largest absolute Gasteiger partial charge is 0.0115 e. The van der Waals surface area contributed by atoms with Gasteiger partial charge in [0.1, 0.15) is 0 Å². The van der Waals surface area contributed by atoms with Crippen LogP contribution in [0.5, 0.6) is 0 Å². The fraction of sp³-hybridized carbons (Fsp3) is 0. The Labute approximate surface area is 43.2 Å². The summed E-state index contributed by atoms with van der Waals surface area (Å²) in [5.41, 5.74) is 0. The molecule has 0 aromatic carbocycles. The van der Waals surface area contributed by atoms with Crippen molar-refractivity contribution in [3.63, 3.8) is 0 Å². The maximum atomic E-state index is 1.75. The van der Waals surface area contributed by atoms with Crippen molar-refractivity contribution in [3.8, 4) is 0 Å². The van der Waals surface area contributed by atoms with Gasteiger partial charge in [-0.3, -0.25) is 0 Å². The second-order valence-electron chi connectivity index (χ2n) is 2.04. The lowest BCUT2D eigenvalue weighted by Crippen LogP contribution is -2.52. The third kappa shape index (κ3) is 0.964. The summed E-state index contributed by atoms with van der Waals surface area (Å²) in [7, 11) is 5.06. The molecule has 0 atom stereocenters. The molecule has 1 saturated heterocycles. The Morgan fingerprint density at radius 3 is 1.80 bits per heavy atom. The van der Waals surface area contributed by atoms with Crippen LogP contribution >= 0.6 is 0 Å². The molecular formula is H10Si5. The molecule has 1 aliphatic rings. The Morgan fingerprint density at radius 2 is 1.80 bits per heavy atom. The van der Waals surface area contributed by atoms with Crippen LogP contribution in [0.3, 0.4) is 0 Å². The molecule has 0 N–H and O–H groups in total. The zero-order chi connectivity index (χ0) is 3.70. The lowest BCUT2D eigenvalue weighted by atomic mass is 26.0. The van der Waals surface area contributed by atoms with E-state index in [0.29, 0.717) is 7.35 Å². The maximum Gasteiger partial charge on any atom is -0.00747 e. The predicted octanol–water partition coefficient (Wildman–Crippen LogP) is -4.58. The summed E-state index contributed by atoms with van der Waals surface area (Å²) in [4.78, 5) is 0. The van der Waals surface area contributed by atoms with Gasteiger partial charge in [-0.15, -0.1) is 0 Å². The molecule has 1 rings (SSSR count). The third-order valence-electron chi connectivity index (χ3n) is 1.39. The Morgan fingerprint density at radius 1 is 1.40 bits per heavy atom. The molecule has 30 valence electrons. The van der Waals surface area contributed by atoms with Crippen LogP contribution < -0.4 is 0 Å². The van der Waals surface area contributed by atoms with Gasteiger partial charge in [-0.2, -0.15) is 0 Å². The minimum absolute atomic E-state index is 0.509. The number of rotatable bonds is 0. The van der Waals surface area contributed by atoms with Crippen molar-refractivity contribution in [2.75, 3.05) is 0 Å². The lowest BCUT2D eigenvalue weighted by molar-refractivity contribution is 3.62. The van der Waals surface area contributed by atoms with Crippen LogP contribution in [0.4, 0.5) is 0 Å².